The highest BCUT2D eigenvalue weighted by Gasteiger charge is 2.40. The Kier molecular flexibility index (Phi) is 3.25. The lowest BCUT2D eigenvalue weighted by Crippen LogP contribution is -2.33. The Labute approximate surface area is 118 Å². The standard InChI is InChI=1S/C14H21N3OS/c1-8-12(19-14(15)16-8)13(18)17(2)7-11-6-9-3-4-10(11)5-9/h9-11H,3-7H2,1-2H3,(H2,15,16). The van der Waals surface area contributed by atoms with Crippen LogP contribution in [0.2, 0.25) is 0 Å². The van der Waals surface area contributed by atoms with Gasteiger partial charge in [-0.1, -0.05) is 17.8 Å². The van der Waals surface area contributed by atoms with Crippen LogP contribution < -0.4 is 5.73 Å². The predicted octanol–water partition coefficient (Wildman–Crippen LogP) is 2.54. The summed E-state index contributed by atoms with van der Waals surface area (Å²) in [5.74, 6) is 2.57. The van der Waals surface area contributed by atoms with Crippen molar-refractivity contribution in [2.75, 3.05) is 19.3 Å². The van der Waals surface area contributed by atoms with E-state index in [0.29, 0.717) is 15.9 Å². The number of hydrogen-bond acceptors (Lipinski definition) is 4. The summed E-state index contributed by atoms with van der Waals surface area (Å²) in [5.41, 5.74) is 6.42. The summed E-state index contributed by atoms with van der Waals surface area (Å²) in [4.78, 5) is 19.1. The molecule has 1 amide bonds. The lowest BCUT2D eigenvalue weighted by molar-refractivity contribution is 0.0758. The largest absolute Gasteiger partial charge is 0.375 e. The van der Waals surface area contributed by atoms with E-state index in [-0.39, 0.29) is 5.91 Å². The maximum absolute atomic E-state index is 12.4. The Bertz CT molecular complexity index is 499. The van der Waals surface area contributed by atoms with Crippen LogP contribution in [0, 0.1) is 24.7 Å². The molecule has 0 saturated heterocycles. The lowest BCUT2D eigenvalue weighted by Gasteiger charge is -2.27. The number of nitrogens with two attached hydrogens (primary N) is 1. The molecule has 2 fully saturated rings. The number of nitrogen functional groups attached to an aromatic ring is 1. The van der Waals surface area contributed by atoms with Crippen molar-refractivity contribution in [1.29, 1.82) is 0 Å². The third-order valence-corrected chi connectivity index (χ3v) is 5.72. The molecule has 1 aromatic heterocycles. The first-order chi connectivity index (χ1) is 9.04. The number of carbonyl (C=O) groups excluding carboxylic acids is 1. The third kappa shape index (κ3) is 2.36. The van der Waals surface area contributed by atoms with Gasteiger partial charge in [0, 0.05) is 13.6 Å². The van der Waals surface area contributed by atoms with Crippen molar-refractivity contribution in [2.24, 2.45) is 17.8 Å². The number of rotatable bonds is 3. The molecule has 104 valence electrons. The first-order valence-corrected chi connectivity index (χ1v) is 7.84. The van der Waals surface area contributed by atoms with Crippen LogP contribution >= 0.6 is 11.3 Å². The van der Waals surface area contributed by atoms with Crippen molar-refractivity contribution >= 4 is 22.4 Å². The van der Waals surface area contributed by atoms with Gasteiger partial charge in [0.2, 0.25) is 0 Å². The topological polar surface area (TPSA) is 59.2 Å². The Morgan fingerprint density at radius 2 is 2.26 bits per heavy atom. The Hall–Kier alpha value is -1.10. The normalized spacial score (nSPS) is 28.8. The van der Waals surface area contributed by atoms with E-state index in [1.54, 1.807) is 0 Å². The molecule has 3 rings (SSSR count). The van der Waals surface area contributed by atoms with Crippen molar-refractivity contribution < 1.29 is 4.79 Å². The second-order valence-electron chi connectivity index (χ2n) is 6.09. The monoisotopic (exact) mass is 279 g/mol. The fourth-order valence-corrected chi connectivity index (χ4v) is 4.65. The maximum Gasteiger partial charge on any atom is 0.265 e. The summed E-state index contributed by atoms with van der Waals surface area (Å²) >= 11 is 1.30. The first kappa shape index (κ1) is 12.9. The smallest absolute Gasteiger partial charge is 0.265 e. The van der Waals surface area contributed by atoms with Gasteiger partial charge in [0.15, 0.2) is 5.13 Å². The number of amides is 1. The molecule has 5 heteroatoms. The second kappa shape index (κ2) is 4.78. The van der Waals surface area contributed by atoms with Gasteiger partial charge in [0.05, 0.1) is 5.69 Å². The average molecular weight is 279 g/mol. The van der Waals surface area contributed by atoms with E-state index in [1.807, 2.05) is 18.9 Å². The van der Waals surface area contributed by atoms with Crippen LogP contribution in [-0.4, -0.2) is 29.4 Å². The van der Waals surface area contributed by atoms with Gasteiger partial charge in [-0.15, -0.1) is 0 Å². The van der Waals surface area contributed by atoms with E-state index in [4.69, 9.17) is 5.73 Å². The van der Waals surface area contributed by atoms with Crippen molar-refractivity contribution in [3.63, 3.8) is 0 Å². The molecule has 2 aliphatic carbocycles. The number of thiazole rings is 1. The van der Waals surface area contributed by atoms with Gasteiger partial charge < -0.3 is 10.6 Å². The predicted molar refractivity (Wildman–Crippen MR) is 77.2 cm³/mol. The average Bonchev–Trinajstić information content (AvgIpc) is 3.03. The highest BCUT2D eigenvalue weighted by molar-refractivity contribution is 7.17. The van der Waals surface area contributed by atoms with Gasteiger partial charge in [-0.3, -0.25) is 4.79 Å². The number of anilines is 1. The van der Waals surface area contributed by atoms with Crippen LogP contribution in [0.1, 0.15) is 41.0 Å². The van der Waals surface area contributed by atoms with Gasteiger partial charge in [-0.25, -0.2) is 4.98 Å². The number of fused-ring (bicyclic) bond motifs is 2. The Morgan fingerprint density at radius 1 is 1.47 bits per heavy atom. The summed E-state index contributed by atoms with van der Waals surface area (Å²) in [5, 5.41) is 0.481. The number of carbonyl (C=O) groups is 1. The Morgan fingerprint density at radius 3 is 2.79 bits per heavy atom. The molecule has 3 unspecified atom stereocenters. The molecule has 0 aliphatic heterocycles. The van der Waals surface area contributed by atoms with E-state index in [1.165, 1.54) is 37.0 Å². The van der Waals surface area contributed by atoms with Crippen LogP contribution in [0.15, 0.2) is 0 Å². The summed E-state index contributed by atoms with van der Waals surface area (Å²) in [6.45, 7) is 2.74. The van der Waals surface area contributed by atoms with E-state index < -0.39 is 0 Å². The van der Waals surface area contributed by atoms with E-state index in [0.717, 1.165) is 24.1 Å². The number of aryl methyl sites for hydroxylation is 1. The molecule has 0 aromatic carbocycles. The minimum Gasteiger partial charge on any atom is -0.375 e. The van der Waals surface area contributed by atoms with Gasteiger partial charge in [-0.05, 0) is 43.9 Å². The molecule has 0 radical (unpaired) electrons. The Balaban J connectivity index is 1.65. The van der Waals surface area contributed by atoms with E-state index >= 15 is 0 Å². The molecule has 19 heavy (non-hydrogen) atoms. The summed E-state index contributed by atoms with van der Waals surface area (Å²) in [7, 11) is 1.91. The quantitative estimate of drug-likeness (QED) is 0.925. The third-order valence-electron chi connectivity index (χ3n) is 4.75. The van der Waals surface area contributed by atoms with Gasteiger partial charge in [-0.2, -0.15) is 0 Å². The van der Waals surface area contributed by atoms with Crippen LogP contribution in [0.25, 0.3) is 0 Å². The molecule has 1 aromatic rings. The minimum atomic E-state index is 0.0782. The molecule has 2 aliphatic rings. The van der Waals surface area contributed by atoms with Crippen molar-refractivity contribution in [3.8, 4) is 0 Å². The molecule has 3 atom stereocenters. The highest BCUT2D eigenvalue weighted by atomic mass is 32.1. The molecule has 0 spiro atoms. The van der Waals surface area contributed by atoms with Gasteiger partial charge >= 0.3 is 0 Å². The van der Waals surface area contributed by atoms with Crippen LogP contribution in [0.5, 0.6) is 0 Å². The van der Waals surface area contributed by atoms with Gasteiger partial charge in [0.25, 0.3) is 5.91 Å². The number of nitrogens with zero attached hydrogens (tertiary/aromatic N) is 2. The fraction of sp³-hybridized carbons (Fsp3) is 0.714. The van der Waals surface area contributed by atoms with E-state index in [9.17, 15) is 4.79 Å². The molecular formula is C14H21N3OS. The zero-order valence-corrected chi connectivity index (χ0v) is 12.4. The van der Waals surface area contributed by atoms with Crippen molar-refractivity contribution in [3.05, 3.63) is 10.6 Å². The second-order valence-corrected chi connectivity index (χ2v) is 7.12. The van der Waals surface area contributed by atoms with Crippen LogP contribution in [0.4, 0.5) is 5.13 Å². The molecular weight excluding hydrogens is 258 g/mol. The number of aromatic nitrogens is 1. The highest BCUT2D eigenvalue weighted by Crippen LogP contribution is 2.48. The maximum atomic E-state index is 12.4. The van der Waals surface area contributed by atoms with Crippen LogP contribution in [-0.2, 0) is 0 Å². The number of hydrogen-bond donors (Lipinski definition) is 1. The van der Waals surface area contributed by atoms with Crippen LogP contribution in [0.3, 0.4) is 0 Å². The fourth-order valence-electron chi connectivity index (χ4n) is 3.82. The van der Waals surface area contributed by atoms with Crippen molar-refractivity contribution in [1.82, 2.24) is 9.88 Å². The first-order valence-electron chi connectivity index (χ1n) is 7.03. The van der Waals surface area contributed by atoms with Gasteiger partial charge in [0.1, 0.15) is 4.88 Å². The molecule has 2 bridgehead atoms. The summed E-state index contributed by atoms with van der Waals surface area (Å²) in [6.07, 6.45) is 5.47. The zero-order chi connectivity index (χ0) is 13.6. The molecule has 4 nitrogen and oxygen atoms in total. The summed E-state index contributed by atoms with van der Waals surface area (Å²) < 4.78 is 0. The zero-order valence-electron chi connectivity index (χ0n) is 11.6. The molecule has 2 N–H and O–H groups in total. The molecule has 1 heterocycles. The van der Waals surface area contributed by atoms with Crippen molar-refractivity contribution in [2.45, 2.75) is 32.6 Å². The van der Waals surface area contributed by atoms with E-state index in [2.05, 4.69) is 4.98 Å². The summed E-state index contributed by atoms with van der Waals surface area (Å²) in [6, 6.07) is 0. The lowest BCUT2D eigenvalue weighted by atomic mass is 9.88. The molecule has 2 saturated carbocycles. The minimum absolute atomic E-state index is 0.0782. The SMILES string of the molecule is Cc1nc(N)sc1C(=O)N(C)CC1CC2CCC1C2.